The molecular formula is C22H30N2O6. The molecule has 1 aromatic carbocycles. The van der Waals surface area contributed by atoms with Crippen LogP contribution in [-0.4, -0.2) is 62.1 Å². The average Bonchev–Trinajstić information content (AvgIpc) is 2.79. The maximum absolute atomic E-state index is 12.4. The Hall–Kier alpha value is -2.42. The number of nitrogens with one attached hydrogen (secondary N) is 2. The van der Waals surface area contributed by atoms with Crippen LogP contribution in [0.3, 0.4) is 0 Å². The lowest BCUT2D eigenvalue weighted by Gasteiger charge is -2.33. The summed E-state index contributed by atoms with van der Waals surface area (Å²) < 4.78 is 16.3. The molecule has 0 aromatic heterocycles. The molecule has 3 atom stereocenters. The van der Waals surface area contributed by atoms with Crippen LogP contribution in [0.4, 0.5) is 0 Å². The van der Waals surface area contributed by atoms with Gasteiger partial charge in [0.05, 0.1) is 32.3 Å². The van der Waals surface area contributed by atoms with Gasteiger partial charge in [0, 0.05) is 25.7 Å². The van der Waals surface area contributed by atoms with Crippen LogP contribution in [0.5, 0.6) is 5.75 Å². The zero-order valence-electron chi connectivity index (χ0n) is 17.2. The number of carbonyl (C=O) groups is 2. The first kappa shape index (κ1) is 22.3. The SMILES string of the molecule is COc1cccc(CNC(=O)C[C@H]2C=C[C@@H](NC(=O)C3CCOCC3)[C@H](CO)O2)c1. The molecule has 0 aliphatic carbocycles. The highest BCUT2D eigenvalue weighted by Crippen LogP contribution is 2.19. The quantitative estimate of drug-likeness (QED) is 0.543. The lowest BCUT2D eigenvalue weighted by atomic mass is 9.97. The number of aliphatic hydroxyl groups excluding tert-OH is 1. The van der Waals surface area contributed by atoms with Gasteiger partial charge in [-0.15, -0.1) is 0 Å². The van der Waals surface area contributed by atoms with E-state index in [-0.39, 0.29) is 30.8 Å². The van der Waals surface area contributed by atoms with E-state index >= 15 is 0 Å². The fourth-order valence-corrected chi connectivity index (χ4v) is 3.62. The van der Waals surface area contributed by atoms with Crippen molar-refractivity contribution in [1.82, 2.24) is 10.6 Å². The zero-order chi connectivity index (χ0) is 21.3. The maximum atomic E-state index is 12.4. The van der Waals surface area contributed by atoms with Crippen LogP contribution in [0, 0.1) is 5.92 Å². The van der Waals surface area contributed by atoms with Gasteiger partial charge in [0.25, 0.3) is 0 Å². The van der Waals surface area contributed by atoms with Crippen molar-refractivity contribution < 1.29 is 28.9 Å². The van der Waals surface area contributed by atoms with Gasteiger partial charge in [-0.2, -0.15) is 0 Å². The van der Waals surface area contributed by atoms with E-state index in [1.54, 1.807) is 13.2 Å². The summed E-state index contributed by atoms with van der Waals surface area (Å²) in [5.74, 6) is 0.449. The molecule has 164 valence electrons. The second-order valence-corrected chi connectivity index (χ2v) is 7.53. The van der Waals surface area contributed by atoms with E-state index in [2.05, 4.69) is 10.6 Å². The molecule has 1 aromatic rings. The van der Waals surface area contributed by atoms with Gasteiger partial charge in [-0.3, -0.25) is 9.59 Å². The number of rotatable bonds is 8. The van der Waals surface area contributed by atoms with Crippen LogP contribution in [-0.2, 0) is 25.6 Å². The second-order valence-electron chi connectivity index (χ2n) is 7.53. The van der Waals surface area contributed by atoms with E-state index in [4.69, 9.17) is 14.2 Å². The van der Waals surface area contributed by atoms with Crippen molar-refractivity contribution in [2.75, 3.05) is 26.9 Å². The fourth-order valence-electron chi connectivity index (χ4n) is 3.62. The van der Waals surface area contributed by atoms with Gasteiger partial charge in [0.2, 0.25) is 11.8 Å². The summed E-state index contributed by atoms with van der Waals surface area (Å²) in [5, 5.41) is 15.5. The number of aliphatic hydroxyl groups is 1. The Morgan fingerprint density at radius 2 is 2.03 bits per heavy atom. The van der Waals surface area contributed by atoms with Crippen molar-refractivity contribution in [3.05, 3.63) is 42.0 Å². The van der Waals surface area contributed by atoms with Crippen molar-refractivity contribution in [2.24, 2.45) is 5.92 Å². The number of amides is 2. The molecule has 0 radical (unpaired) electrons. The van der Waals surface area contributed by atoms with Crippen molar-refractivity contribution in [2.45, 2.75) is 44.1 Å². The fraction of sp³-hybridized carbons (Fsp3) is 0.545. The molecule has 2 amide bonds. The van der Waals surface area contributed by atoms with E-state index in [0.29, 0.717) is 32.6 Å². The van der Waals surface area contributed by atoms with Crippen LogP contribution in [0.2, 0.25) is 0 Å². The van der Waals surface area contributed by atoms with Crippen molar-refractivity contribution in [1.29, 1.82) is 0 Å². The second kappa shape index (κ2) is 11.1. The Morgan fingerprint density at radius 3 is 2.77 bits per heavy atom. The molecule has 1 saturated heterocycles. The summed E-state index contributed by atoms with van der Waals surface area (Å²) in [7, 11) is 1.60. The van der Waals surface area contributed by atoms with E-state index in [1.807, 2.05) is 30.3 Å². The number of methoxy groups -OCH3 is 1. The first-order chi connectivity index (χ1) is 14.6. The van der Waals surface area contributed by atoms with Crippen LogP contribution < -0.4 is 15.4 Å². The van der Waals surface area contributed by atoms with Crippen LogP contribution in [0.1, 0.15) is 24.8 Å². The number of hydrogen-bond acceptors (Lipinski definition) is 6. The molecule has 2 aliphatic rings. The third-order valence-corrected chi connectivity index (χ3v) is 5.37. The Morgan fingerprint density at radius 1 is 1.23 bits per heavy atom. The van der Waals surface area contributed by atoms with E-state index in [0.717, 1.165) is 11.3 Å². The van der Waals surface area contributed by atoms with Crippen LogP contribution in [0.25, 0.3) is 0 Å². The van der Waals surface area contributed by atoms with Crippen molar-refractivity contribution >= 4 is 11.8 Å². The number of hydrogen-bond donors (Lipinski definition) is 3. The van der Waals surface area contributed by atoms with Crippen molar-refractivity contribution in [3.63, 3.8) is 0 Å². The van der Waals surface area contributed by atoms with Gasteiger partial charge in [0.1, 0.15) is 11.9 Å². The molecule has 0 bridgehead atoms. The number of carbonyl (C=O) groups excluding carboxylic acids is 2. The van der Waals surface area contributed by atoms with Crippen LogP contribution >= 0.6 is 0 Å². The molecule has 3 rings (SSSR count). The minimum Gasteiger partial charge on any atom is -0.497 e. The molecule has 3 N–H and O–H groups in total. The summed E-state index contributed by atoms with van der Waals surface area (Å²) in [5.41, 5.74) is 0.937. The molecule has 8 nitrogen and oxygen atoms in total. The number of ether oxygens (including phenoxy) is 3. The molecule has 0 saturated carbocycles. The summed E-state index contributed by atoms with van der Waals surface area (Å²) in [6, 6.07) is 7.08. The lowest BCUT2D eigenvalue weighted by molar-refractivity contribution is -0.132. The molecular weight excluding hydrogens is 388 g/mol. The van der Waals surface area contributed by atoms with Crippen molar-refractivity contribution in [3.8, 4) is 5.75 Å². The zero-order valence-corrected chi connectivity index (χ0v) is 17.2. The predicted molar refractivity (Wildman–Crippen MR) is 110 cm³/mol. The Bertz CT molecular complexity index is 747. The summed E-state index contributed by atoms with van der Waals surface area (Å²) in [4.78, 5) is 24.7. The van der Waals surface area contributed by atoms with Gasteiger partial charge in [-0.05, 0) is 30.5 Å². The Balaban J connectivity index is 1.48. The maximum Gasteiger partial charge on any atom is 0.223 e. The number of benzene rings is 1. The Labute approximate surface area is 176 Å². The molecule has 2 heterocycles. The lowest BCUT2D eigenvalue weighted by Crippen LogP contribution is -2.50. The Kier molecular flexibility index (Phi) is 8.24. The summed E-state index contributed by atoms with van der Waals surface area (Å²) in [6.07, 6.45) is 4.07. The van der Waals surface area contributed by atoms with Crippen LogP contribution in [0.15, 0.2) is 36.4 Å². The van der Waals surface area contributed by atoms with Gasteiger partial charge in [-0.1, -0.05) is 24.3 Å². The third kappa shape index (κ3) is 6.29. The minimum atomic E-state index is -0.588. The van der Waals surface area contributed by atoms with Gasteiger partial charge < -0.3 is 30.0 Å². The standard InChI is InChI=1S/C22H30N2O6/c1-28-17-4-2-3-15(11-17)13-23-21(26)12-18-5-6-19(20(14-25)30-18)24-22(27)16-7-9-29-10-8-16/h2-6,11,16,18-20,25H,7-10,12-14H2,1H3,(H,23,26)(H,24,27)/t18-,19-,20+/m1/s1. The minimum absolute atomic E-state index is 0.0514. The molecule has 0 unspecified atom stereocenters. The highest BCUT2D eigenvalue weighted by atomic mass is 16.5. The molecule has 30 heavy (non-hydrogen) atoms. The van der Waals surface area contributed by atoms with Gasteiger partial charge in [-0.25, -0.2) is 0 Å². The highest BCUT2D eigenvalue weighted by Gasteiger charge is 2.31. The first-order valence-electron chi connectivity index (χ1n) is 10.3. The monoisotopic (exact) mass is 418 g/mol. The summed E-state index contributed by atoms with van der Waals surface area (Å²) in [6.45, 7) is 1.32. The smallest absolute Gasteiger partial charge is 0.223 e. The largest absolute Gasteiger partial charge is 0.497 e. The molecule has 0 spiro atoms. The van der Waals surface area contributed by atoms with Gasteiger partial charge >= 0.3 is 0 Å². The summed E-state index contributed by atoms with van der Waals surface area (Å²) >= 11 is 0. The highest BCUT2D eigenvalue weighted by molar-refractivity contribution is 5.79. The molecule has 1 fully saturated rings. The van der Waals surface area contributed by atoms with Gasteiger partial charge in [0.15, 0.2) is 0 Å². The van der Waals surface area contributed by atoms with E-state index in [9.17, 15) is 14.7 Å². The normalized spacial score (nSPS) is 24.3. The topological polar surface area (TPSA) is 106 Å². The van der Waals surface area contributed by atoms with E-state index < -0.39 is 18.2 Å². The van der Waals surface area contributed by atoms with E-state index in [1.165, 1.54) is 0 Å². The molecule has 2 aliphatic heterocycles. The first-order valence-corrected chi connectivity index (χ1v) is 10.3. The average molecular weight is 418 g/mol. The third-order valence-electron chi connectivity index (χ3n) is 5.37. The predicted octanol–water partition coefficient (Wildman–Crippen LogP) is 0.929. The molecule has 8 heteroatoms.